The molecule has 29 heavy (non-hydrogen) atoms. The van der Waals surface area contributed by atoms with E-state index in [1.165, 1.54) is 55.2 Å². The van der Waals surface area contributed by atoms with Crippen LogP contribution in [0, 0.1) is 5.92 Å². The van der Waals surface area contributed by atoms with Crippen molar-refractivity contribution in [3.8, 4) is 0 Å². The molecule has 0 aromatic carbocycles. The number of nitrogens with zero attached hydrogens (tertiary/aromatic N) is 2. The van der Waals surface area contributed by atoms with Crippen molar-refractivity contribution in [2.24, 2.45) is 5.92 Å². The summed E-state index contributed by atoms with van der Waals surface area (Å²) in [6.45, 7) is 4.50. The molecule has 0 bridgehead atoms. The molecule has 3 rings (SSSR count). The first-order valence-corrected chi connectivity index (χ1v) is 12.7. The zero-order chi connectivity index (χ0) is 20.6. The Labute approximate surface area is 182 Å². The molecule has 2 saturated carbocycles. The Morgan fingerprint density at radius 2 is 1.86 bits per heavy atom. The van der Waals surface area contributed by atoms with Crippen LogP contribution < -0.4 is 5.32 Å². The lowest BCUT2D eigenvalue weighted by Gasteiger charge is -2.42. The number of carbonyl (C=O) groups excluding carboxylic acids is 2. The number of anilines is 1. The maximum absolute atomic E-state index is 13.3. The molecule has 2 aliphatic carbocycles. The van der Waals surface area contributed by atoms with Crippen molar-refractivity contribution in [1.29, 1.82) is 0 Å². The minimum absolute atomic E-state index is 0.00672. The SMILES string of the molecule is CCOC(=O)CSc1cnc(NC(=O)N(C2CCCCC2)[C@H]2CC[C@H](C)CC2)s1. The molecule has 0 aliphatic heterocycles. The predicted octanol–water partition coefficient (Wildman–Crippen LogP) is 5.54. The average molecular weight is 440 g/mol. The number of rotatable bonds is 7. The smallest absolute Gasteiger partial charge is 0.324 e. The van der Waals surface area contributed by atoms with Crippen LogP contribution in [0.4, 0.5) is 9.93 Å². The van der Waals surface area contributed by atoms with Crippen molar-refractivity contribution >= 4 is 40.2 Å². The highest BCUT2D eigenvalue weighted by atomic mass is 32.2. The molecule has 8 heteroatoms. The van der Waals surface area contributed by atoms with Gasteiger partial charge in [-0.25, -0.2) is 9.78 Å². The highest BCUT2D eigenvalue weighted by molar-refractivity contribution is 8.01. The van der Waals surface area contributed by atoms with Gasteiger partial charge in [0.15, 0.2) is 5.13 Å². The number of carbonyl (C=O) groups is 2. The summed E-state index contributed by atoms with van der Waals surface area (Å²) in [6.07, 6.45) is 12.2. The average Bonchev–Trinajstić information content (AvgIpc) is 3.16. The second kappa shape index (κ2) is 11.2. The Morgan fingerprint density at radius 3 is 2.55 bits per heavy atom. The van der Waals surface area contributed by atoms with E-state index in [0.29, 0.717) is 23.8 Å². The van der Waals surface area contributed by atoms with Crippen molar-refractivity contribution in [3.05, 3.63) is 6.20 Å². The lowest BCUT2D eigenvalue weighted by atomic mass is 9.84. The monoisotopic (exact) mass is 439 g/mol. The van der Waals surface area contributed by atoms with Gasteiger partial charge in [0.1, 0.15) is 0 Å². The molecular formula is C21H33N3O3S2. The van der Waals surface area contributed by atoms with Crippen LogP contribution in [0.15, 0.2) is 10.4 Å². The van der Waals surface area contributed by atoms with Crippen LogP contribution in [0.5, 0.6) is 0 Å². The molecule has 0 unspecified atom stereocenters. The molecule has 1 aromatic heterocycles. The van der Waals surface area contributed by atoms with Crippen LogP contribution in [0.3, 0.4) is 0 Å². The molecule has 0 saturated heterocycles. The summed E-state index contributed by atoms with van der Waals surface area (Å²) in [4.78, 5) is 31.3. The van der Waals surface area contributed by atoms with Crippen molar-refractivity contribution in [2.45, 2.75) is 87.9 Å². The first-order valence-electron chi connectivity index (χ1n) is 10.9. The minimum atomic E-state index is -0.230. The van der Waals surface area contributed by atoms with Crippen molar-refractivity contribution in [1.82, 2.24) is 9.88 Å². The van der Waals surface area contributed by atoms with E-state index in [1.807, 2.05) is 0 Å². The van der Waals surface area contributed by atoms with Gasteiger partial charge in [-0.2, -0.15) is 0 Å². The number of urea groups is 1. The number of thioether (sulfide) groups is 1. The number of ether oxygens (including phenoxy) is 1. The van der Waals surface area contributed by atoms with Crippen molar-refractivity contribution in [3.63, 3.8) is 0 Å². The van der Waals surface area contributed by atoms with Gasteiger partial charge in [-0.1, -0.05) is 37.5 Å². The quantitative estimate of drug-likeness (QED) is 0.446. The fourth-order valence-electron chi connectivity index (χ4n) is 4.38. The van der Waals surface area contributed by atoms with Crippen LogP contribution in [-0.4, -0.2) is 46.3 Å². The number of nitrogens with one attached hydrogen (secondary N) is 1. The zero-order valence-corrected chi connectivity index (χ0v) is 19.2. The van der Waals surface area contributed by atoms with Crippen LogP contribution in [-0.2, 0) is 9.53 Å². The molecule has 0 spiro atoms. The molecule has 1 heterocycles. The summed E-state index contributed by atoms with van der Waals surface area (Å²) in [7, 11) is 0. The second-order valence-electron chi connectivity index (χ2n) is 8.12. The molecule has 1 N–H and O–H groups in total. The van der Waals surface area contributed by atoms with Gasteiger partial charge in [-0.3, -0.25) is 10.1 Å². The lowest BCUT2D eigenvalue weighted by molar-refractivity contribution is -0.139. The molecule has 1 aromatic rings. The van der Waals surface area contributed by atoms with E-state index in [0.717, 1.165) is 35.8 Å². The Morgan fingerprint density at radius 1 is 1.17 bits per heavy atom. The number of esters is 1. The predicted molar refractivity (Wildman–Crippen MR) is 119 cm³/mol. The van der Waals surface area contributed by atoms with E-state index in [1.54, 1.807) is 13.1 Å². The maximum Gasteiger partial charge on any atom is 0.324 e. The molecule has 2 aliphatic rings. The van der Waals surface area contributed by atoms with Gasteiger partial charge in [0.25, 0.3) is 0 Å². The van der Waals surface area contributed by atoms with E-state index < -0.39 is 0 Å². The van der Waals surface area contributed by atoms with E-state index in [4.69, 9.17) is 4.74 Å². The Kier molecular flexibility index (Phi) is 8.66. The normalized spacial score (nSPS) is 22.8. The summed E-state index contributed by atoms with van der Waals surface area (Å²) >= 11 is 2.82. The largest absolute Gasteiger partial charge is 0.465 e. The molecule has 0 radical (unpaired) electrons. The molecule has 2 amide bonds. The Hall–Kier alpha value is -1.28. The summed E-state index contributed by atoms with van der Waals surface area (Å²) < 4.78 is 5.86. The van der Waals surface area contributed by atoms with Gasteiger partial charge in [0.05, 0.1) is 22.8 Å². The first kappa shape index (κ1) is 22.4. The number of hydrogen-bond acceptors (Lipinski definition) is 6. The Bertz CT molecular complexity index is 668. The maximum atomic E-state index is 13.3. The number of thiazole rings is 1. The number of aromatic nitrogens is 1. The van der Waals surface area contributed by atoms with Gasteiger partial charge in [0.2, 0.25) is 0 Å². The highest BCUT2D eigenvalue weighted by Crippen LogP contribution is 2.34. The summed E-state index contributed by atoms with van der Waals surface area (Å²) in [5.41, 5.74) is 0. The first-order chi connectivity index (χ1) is 14.1. The van der Waals surface area contributed by atoms with Gasteiger partial charge >= 0.3 is 12.0 Å². The topological polar surface area (TPSA) is 71.5 Å². The third kappa shape index (κ3) is 6.60. The lowest BCUT2D eigenvalue weighted by Crippen LogP contribution is -2.51. The highest BCUT2D eigenvalue weighted by Gasteiger charge is 2.34. The van der Waals surface area contributed by atoms with Gasteiger partial charge in [0, 0.05) is 12.1 Å². The van der Waals surface area contributed by atoms with E-state index in [9.17, 15) is 9.59 Å². The van der Waals surface area contributed by atoms with Crippen LogP contribution >= 0.6 is 23.1 Å². The number of amides is 2. The van der Waals surface area contributed by atoms with E-state index in [2.05, 4.69) is 22.1 Å². The van der Waals surface area contributed by atoms with Gasteiger partial charge in [-0.15, -0.1) is 11.8 Å². The molecule has 0 atom stereocenters. The molecule has 162 valence electrons. The standard InChI is InChI=1S/C21H33N3O3S2/c1-3-27-18(25)14-28-19-13-22-20(29-19)23-21(26)24(16-7-5-4-6-8-16)17-11-9-15(2)10-12-17/h13,15-17H,3-12,14H2,1-2H3,(H,22,23,26)/t15-,17-. The van der Waals surface area contributed by atoms with Crippen molar-refractivity contribution < 1.29 is 14.3 Å². The van der Waals surface area contributed by atoms with Crippen molar-refractivity contribution in [2.75, 3.05) is 17.7 Å². The van der Waals surface area contributed by atoms with Gasteiger partial charge in [-0.05, 0) is 51.4 Å². The fourth-order valence-corrected chi connectivity index (χ4v) is 6.04. The van der Waals surface area contributed by atoms with E-state index in [-0.39, 0.29) is 17.8 Å². The zero-order valence-electron chi connectivity index (χ0n) is 17.5. The third-order valence-corrected chi connectivity index (χ3v) is 8.00. The van der Waals surface area contributed by atoms with Crippen LogP contribution in [0.2, 0.25) is 0 Å². The summed E-state index contributed by atoms with van der Waals surface area (Å²) in [5.74, 6) is 0.796. The molecular weight excluding hydrogens is 406 g/mol. The van der Waals surface area contributed by atoms with E-state index >= 15 is 0 Å². The van der Waals surface area contributed by atoms with Gasteiger partial charge < -0.3 is 9.64 Å². The summed E-state index contributed by atoms with van der Waals surface area (Å²) in [6, 6.07) is 0.680. The fraction of sp³-hybridized carbons (Fsp3) is 0.762. The molecule has 2 fully saturated rings. The van der Waals surface area contributed by atoms with Crippen LogP contribution in [0.1, 0.15) is 71.6 Å². The minimum Gasteiger partial charge on any atom is -0.465 e. The summed E-state index contributed by atoms with van der Waals surface area (Å²) in [5, 5.41) is 3.65. The number of hydrogen-bond donors (Lipinski definition) is 1. The second-order valence-corrected chi connectivity index (χ2v) is 10.4. The molecule has 6 nitrogen and oxygen atoms in total. The van der Waals surface area contributed by atoms with Crippen LogP contribution in [0.25, 0.3) is 0 Å². The Balaban J connectivity index is 1.61. The third-order valence-electron chi connectivity index (χ3n) is 5.92.